The van der Waals surface area contributed by atoms with Crippen molar-refractivity contribution in [3.63, 3.8) is 0 Å². The molecule has 1 aromatic carbocycles. The Bertz CT molecular complexity index is 687. The van der Waals surface area contributed by atoms with Crippen LogP contribution in [-0.4, -0.2) is 28.9 Å². The van der Waals surface area contributed by atoms with E-state index in [2.05, 4.69) is 22.1 Å². The van der Waals surface area contributed by atoms with Gasteiger partial charge in [-0.1, -0.05) is 11.8 Å². The third kappa shape index (κ3) is 4.35. The minimum atomic E-state index is -0.220. The molecule has 0 aliphatic carbocycles. The first-order chi connectivity index (χ1) is 10.2. The van der Waals surface area contributed by atoms with Gasteiger partial charge < -0.3 is 10.4 Å². The van der Waals surface area contributed by atoms with Gasteiger partial charge in [-0.05, 0) is 42.7 Å². The maximum Gasteiger partial charge on any atom is 0.256 e. The molecule has 0 unspecified atom stereocenters. The first-order valence-electron chi connectivity index (χ1n) is 6.24. The first kappa shape index (κ1) is 15.1. The molecule has 0 atom stereocenters. The predicted octanol–water partition coefficient (Wildman–Crippen LogP) is 2.40. The summed E-state index contributed by atoms with van der Waals surface area (Å²) >= 11 is 1.62. The quantitative estimate of drug-likeness (QED) is 0.675. The summed E-state index contributed by atoms with van der Waals surface area (Å²) in [6, 6.07) is 10.7. The summed E-state index contributed by atoms with van der Waals surface area (Å²) in [5, 5.41) is 11.4. The molecule has 106 valence electrons. The van der Waals surface area contributed by atoms with Crippen molar-refractivity contribution in [2.24, 2.45) is 0 Å². The standard InChI is InChI=1S/C16H14N2O2S/c1-21-14-6-4-13(5-7-14)16(20)18-15-11-12(3-2-10-19)8-9-17-15/h4-9,11,19H,10H2,1H3,(H,17,18,20). The van der Waals surface area contributed by atoms with Crippen LogP contribution >= 0.6 is 11.8 Å². The van der Waals surface area contributed by atoms with Crippen LogP contribution in [0, 0.1) is 11.8 Å². The van der Waals surface area contributed by atoms with E-state index in [-0.39, 0.29) is 12.5 Å². The van der Waals surface area contributed by atoms with Crippen molar-refractivity contribution in [3.05, 3.63) is 53.7 Å². The number of hydrogen-bond donors (Lipinski definition) is 2. The molecule has 2 rings (SSSR count). The Labute approximate surface area is 127 Å². The second-order valence-electron chi connectivity index (χ2n) is 4.07. The van der Waals surface area contributed by atoms with Crippen molar-refractivity contribution in [2.75, 3.05) is 18.2 Å². The lowest BCUT2D eigenvalue weighted by Crippen LogP contribution is -2.12. The van der Waals surface area contributed by atoms with Gasteiger partial charge in [0, 0.05) is 22.2 Å². The van der Waals surface area contributed by atoms with Crippen LogP contribution in [0.2, 0.25) is 0 Å². The summed E-state index contributed by atoms with van der Waals surface area (Å²) in [5.41, 5.74) is 1.26. The van der Waals surface area contributed by atoms with Crippen molar-refractivity contribution >= 4 is 23.5 Å². The third-order valence-electron chi connectivity index (χ3n) is 2.67. The van der Waals surface area contributed by atoms with E-state index in [1.54, 1.807) is 42.2 Å². The second-order valence-corrected chi connectivity index (χ2v) is 4.95. The molecule has 0 aliphatic heterocycles. The van der Waals surface area contributed by atoms with Crippen LogP contribution in [0.4, 0.5) is 5.82 Å². The second kappa shape index (κ2) is 7.48. The van der Waals surface area contributed by atoms with Gasteiger partial charge in [0.05, 0.1) is 0 Å². The lowest BCUT2D eigenvalue weighted by molar-refractivity contribution is 0.102. The lowest BCUT2D eigenvalue weighted by Gasteiger charge is -2.05. The average molecular weight is 298 g/mol. The number of aromatic nitrogens is 1. The molecule has 0 spiro atoms. The van der Waals surface area contributed by atoms with Crippen molar-refractivity contribution in [2.45, 2.75) is 4.90 Å². The number of nitrogens with zero attached hydrogens (tertiary/aromatic N) is 1. The minimum Gasteiger partial charge on any atom is -0.384 e. The highest BCUT2D eigenvalue weighted by molar-refractivity contribution is 7.98. The number of carbonyl (C=O) groups is 1. The van der Waals surface area contributed by atoms with E-state index in [1.165, 1.54) is 0 Å². The molecular formula is C16H14N2O2S. The Morgan fingerprint density at radius 3 is 2.76 bits per heavy atom. The number of anilines is 1. The Balaban J connectivity index is 2.11. The number of aliphatic hydroxyl groups excluding tert-OH is 1. The van der Waals surface area contributed by atoms with Gasteiger partial charge in [0.2, 0.25) is 0 Å². The fraction of sp³-hybridized carbons (Fsp3) is 0.125. The molecule has 21 heavy (non-hydrogen) atoms. The largest absolute Gasteiger partial charge is 0.384 e. The molecular weight excluding hydrogens is 284 g/mol. The molecule has 0 bridgehead atoms. The molecule has 0 radical (unpaired) electrons. The van der Waals surface area contributed by atoms with Crippen molar-refractivity contribution in [1.82, 2.24) is 4.98 Å². The zero-order chi connectivity index (χ0) is 15.1. The number of thioether (sulfide) groups is 1. The number of nitrogens with one attached hydrogen (secondary N) is 1. The van der Waals surface area contributed by atoms with Crippen LogP contribution in [0.1, 0.15) is 15.9 Å². The lowest BCUT2D eigenvalue weighted by atomic mass is 10.2. The third-order valence-corrected chi connectivity index (χ3v) is 3.41. The number of rotatable bonds is 3. The monoisotopic (exact) mass is 298 g/mol. The summed E-state index contributed by atoms with van der Waals surface area (Å²) in [7, 11) is 0. The number of hydrogen-bond acceptors (Lipinski definition) is 4. The topological polar surface area (TPSA) is 62.2 Å². The van der Waals surface area contributed by atoms with Crippen molar-refractivity contribution in [1.29, 1.82) is 0 Å². The number of pyridine rings is 1. The highest BCUT2D eigenvalue weighted by atomic mass is 32.2. The van der Waals surface area contributed by atoms with Gasteiger partial charge in [-0.3, -0.25) is 4.79 Å². The van der Waals surface area contributed by atoms with E-state index in [4.69, 9.17) is 5.11 Å². The number of amides is 1. The molecule has 0 saturated carbocycles. The molecule has 1 amide bonds. The van der Waals surface area contributed by atoms with E-state index in [1.807, 2.05) is 18.4 Å². The van der Waals surface area contributed by atoms with Gasteiger partial charge in [0.1, 0.15) is 12.4 Å². The van der Waals surface area contributed by atoms with Crippen molar-refractivity contribution in [3.8, 4) is 11.8 Å². The SMILES string of the molecule is CSc1ccc(C(=O)Nc2cc(C#CCO)ccn2)cc1. The highest BCUT2D eigenvalue weighted by Gasteiger charge is 2.06. The normalized spacial score (nSPS) is 9.62. The van der Waals surface area contributed by atoms with Gasteiger partial charge in [0.25, 0.3) is 5.91 Å². The Morgan fingerprint density at radius 1 is 1.33 bits per heavy atom. The molecule has 4 nitrogen and oxygen atoms in total. The summed E-state index contributed by atoms with van der Waals surface area (Å²) in [5.74, 6) is 5.53. The zero-order valence-corrected chi connectivity index (χ0v) is 12.3. The minimum absolute atomic E-state index is 0.203. The van der Waals surface area contributed by atoms with Gasteiger partial charge in [-0.25, -0.2) is 4.98 Å². The molecule has 1 heterocycles. The summed E-state index contributed by atoms with van der Waals surface area (Å²) < 4.78 is 0. The average Bonchev–Trinajstić information content (AvgIpc) is 2.53. The van der Waals surface area contributed by atoms with Crippen LogP contribution in [0.5, 0.6) is 0 Å². The number of aliphatic hydroxyl groups is 1. The molecule has 2 N–H and O–H groups in total. The van der Waals surface area contributed by atoms with Crippen LogP contribution in [0.15, 0.2) is 47.5 Å². The summed E-state index contributed by atoms with van der Waals surface area (Å²) in [6.45, 7) is -0.203. The molecule has 1 aromatic heterocycles. The van der Waals surface area contributed by atoms with E-state index >= 15 is 0 Å². The van der Waals surface area contributed by atoms with Gasteiger partial charge in [-0.2, -0.15) is 0 Å². The molecule has 5 heteroatoms. The number of carbonyl (C=O) groups excluding carboxylic acids is 1. The van der Waals surface area contributed by atoms with E-state index < -0.39 is 0 Å². The molecule has 0 fully saturated rings. The predicted molar refractivity (Wildman–Crippen MR) is 84.4 cm³/mol. The zero-order valence-electron chi connectivity index (χ0n) is 11.5. The van der Waals surface area contributed by atoms with E-state index in [0.29, 0.717) is 16.9 Å². The van der Waals surface area contributed by atoms with Gasteiger partial charge in [-0.15, -0.1) is 11.8 Å². The van der Waals surface area contributed by atoms with Crippen LogP contribution in [-0.2, 0) is 0 Å². The highest BCUT2D eigenvalue weighted by Crippen LogP contribution is 2.15. The van der Waals surface area contributed by atoms with Gasteiger partial charge in [0.15, 0.2) is 0 Å². The molecule has 0 saturated heterocycles. The van der Waals surface area contributed by atoms with Crippen LogP contribution in [0.25, 0.3) is 0 Å². The number of benzene rings is 1. The Hall–Kier alpha value is -2.29. The fourth-order valence-electron chi connectivity index (χ4n) is 1.65. The fourth-order valence-corrected chi connectivity index (χ4v) is 2.06. The smallest absolute Gasteiger partial charge is 0.256 e. The Morgan fingerprint density at radius 2 is 2.10 bits per heavy atom. The first-order valence-corrected chi connectivity index (χ1v) is 7.46. The van der Waals surface area contributed by atoms with E-state index in [0.717, 1.165) is 4.90 Å². The summed E-state index contributed by atoms with van der Waals surface area (Å²) in [4.78, 5) is 17.3. The molecule has 2 aromatic rings. The maximum atomic E-state index is 12.1. The Kier molecular flexibility index (Phi) is 5.38. The van der Waals surface area contributed by atoms with Crippen LogP contribution in [0.3, 0.4) is 0 Å². The summed E-state index contributed by atoms with van der Waals surface area (Å²) in [6.07, 6.45) is 3.55. The van der Waals surface area contributed by atoms with E-state index in [9.17, 15) is 4.79 Å². The van der Waals surface area contributed by atoms with Crippen LogP contribution < -0.4 is 5.32 Å². The van der Waals surface area contributed by atoms with Gasteiger partial charge >= 0.3 is 0 Å². The van der Waals surface area contributed by atoms with Crippen molar-refractivity contribution < 1.29 is 9.90 Å². The molecule has 0 aliphatic rings. The maximum absolute atomic E-state index is 12.1.